The van der Waals surface area contributed by atoms with Gasteiger partial charge < -0.3 is 0 Å². The summed E-state index contributed by atoms with van der Waals surface area (Å²) in [5.41, 5.74) is 2.22. The normalized spacial score (nSPS) is 12.4. The topological polar surface area (TPSA) is 95.1 Å². The summed E-state index contributed by atoms with van der Waals surface area (Å²) >= 11 is -2.03. The predicted octanol–water partition coefficient (Wildman–Crippen LogP) is 1.82. The summed E-state index contributed by atoms with van der Waals surface area (Å²) in [4.78, 5) is 11.8. The van der Waals surface area contributed by atoms with E-state index in [-0.39, 0.29) is 5.56 Å². The molecule has 0 radical (unpaired) electrons. The van der Waals surface area contributed by atoms with Gasteiger partial charge in [-0.25, -0.2) is 14.0 Å². The lowest BCUT2D eigenvalue weighted by Crippen LogP contribution is -2.15. The molecule has 1 aromatic heterocycles. The Hall–Kier alpha value is -2.35. The molecule has 2 aromatic carbocycles. The van der Waals surface area contributed by atoms with Crippen molar-refractivity contribution in [3.05, 3.63) is 64.4 Å². The molecule has 0 saturated carbocycles. The number of nitrogens with one attached hydrogen (secondary N) is 2. The first-order chi connectivity index (χ1) is 10.6. The van der Waals surface area contributed by atoms with Crippen molar-refractivity contribution in [2.24, 2.45) is 0 Å². The fourth-order valence-corrected chi connectivity index (χ4v) is 2.55. The van der Waals surface area contributed by atoms with Gasteiger partial charge in [0.15, 0.2) is 0 Å². The lowest BCUT2D eigenvalue weighted by molar-refractivity contribution is 0.548. The van der Waals surface area contributed by atoms with E-state index in [1.165, 1.54) is 0 Å². The van der Waals surface area contributed by atoms with E-state index in [9.17, 15) is 9.00 Å². The molecule has 0 bridgehead atoms. The number of aromatic nitrogens is 2. The number of rotatable bonds is 4. The summed E-state index contributed by atoms with van der Waals surface area (Å²) in [6.45, 7) is 0.295. The minimum atomic E-state index is -2.03. The molecule has 1 unspecified atom stereocenters. The molecule has 3 aromatic rings. The summed E-state index contributed by atoms with van der Waals surface area (Å²) < 4.78 is 21.7. The van der Waals surface area contributed by atoms with Crippen molar-refractivity contribution in [1.29, 1.82) is 0 Å². The van der Waals surface area contributed by atoms with Crippen molar-refractivity contribution < 1.29 is 8.76 Å². The van der Waals surface area contributed by atoms with Gasteiger partial charge in [0, 0.05) is 17.5 Å². The van der Waals surface area contributed by atoms with Gasteiger partial charge in [0.05, 0.1) is 11.1 Å². The zero-order chi connectivity index (χ0) is 15.5. The molecule has 112 valence electrons. The van der Waals surface area contributed by atoms with Crippen LogP contribution in [0.3, 0.4) is 0 Å². The second kappa shape index (κ2) is 6.18. The van der Waals surface area contributed by atoms with Crippen LogP contribution in [0.5, 0.6) is 0 Å². The Balaban J connectivity index is 2.00. The van der Waals surface area contributed by atoms with Gasteiger partial charge in [-0.2, -0.15) is 5.10 Å². The van der Waals surface area contributed by atoms with Crippen molar-refractivity contribution in [2.45, 2.75) is 6.54 Å². The average molecular weight is 315 g/mol. The third-order valence-corrected chi connectivity index (χ3v) is 3.71. The minimum Gasteiger partial charge on any atom is -0.294 e. The van der Waals surface area contributed by atoms with E-state index < -0.39 is 11.3 Å². The van der Waals surface area contributed by atoms with Crippen LogP contribution in [0.1, 0.15) is 5.56 Å². The average Bonchev–Trinajstić information content (AvgIpc) is 2.54. The predicted molar refractivity (Wildman–Crippen MR) is 85.4 cm³/mol. The highest BCUT2D eigenvalue weighted by atomic mass is 32.2. The quantitative estimate of drug-likeness (QED) is 0.640. The highest BCUT2D eigenvalue weighted by Gasteiger charge is 2.08. The lowest BCUT2D eigenvalue weighted by Gasteiger charge is -2.06. The zero-order valence-corrected chi connectivity index (χ0v) is 12.3. The van der Waals surface area contributed by atoms with Crippen LogP contribution in [0, 0.1) is 0 Å². The maximum atomic E-state index is 11.8. The number of hydrogen-bond donors (Lipinski definition) is 3. The molecule has 3 rings (SSSR count). The maximum absolute atomic E-state index is 11.8. The van der Waals surface area contributed by atoms with Crippen molar-refractivity contribution >= 4 is 22.0 Å². The smallest absolute Gasteiger partial charge is 0.272 e. The fraction of sp³-hybridized carbons (Fsp3) is 0.0667. The van der Waals surface area contributed by atoms with Crippen LogP contribution in [0.2, 0.25) is 0 Å². The summed E-state index contributed by atoms with van der Waals surface area (Å²) in [5, 5.41) is 8.02. The Morgan fingerprint density at radius 3 is 2.45 bits per heavy atom. The molecule has 0 saturated heterocycles. The van der Waals surface area contributed by atoms with Gasteiger partial charge in [0.2, 0.25) is 11.3 Å². The van der Waals surface area contributed by atoms with Crippen LogP contribution in [-0.4, -0.2) is 19.0 Å². The Labute approximate surface area is 128 Å². The molecular weight excluding hydrogens is 302 g/mol. The van der Waals surface area contributed by atoms with Crippen LogP contribution in [0.4, 0.5) is 0 Å². The second-order valence-corrected chi connectivity index (χ2v) is 5.50. The standard InChI is InChI=1S/C15H13N3O3S/c19-15-13-4-2-1-3-12(13)14(17-18-15)11-7-5-10(6-8-11)9-16-22(20)21/h1-8,16H,9H2,(H,18,19)(H,20,21). The van der Waals surface area contributed by atoms with Gasteiger partial charge in [-0.3, -0.25) is 9.35 Å². The summed E-state index contributed by atoms with van der Waals surface area (Å²) in [6.07, 6.45) is 0. The van der Waals surface area contributed by atoms with Gasteiger partial charge in [0.25, 0.3) is 5.56 Å². The number of nitrogens with zero attached hydrogens (tertiary/aromatic N) is 1. The van der Waals surface area contributed by atoms with E-state index in [0.717, 1.165) is 16.5 Å². The summed E-state index contributed by atoms with van der Waals surface area (Å²) in [7, 11) is 0. The molecular formula is C15H13N3O3S. The van der Waals surface area contributed by atoms with E-state index >= 15 is 0 Å². The van der Waals surface area contributed by atoms with Crippen molar-refractivity contribution in [3.8, 4) is 11.3 Å². The van der Waals surface area contributed by atoms with Gasteiger partial charge >= 0.3 is 0 Å². The van der Waals surface area contributed by atoms with E-state index in [2.05, 4.69) is 14.9 Å². The first kappa shape index (κ1) is 14.6. The molecule has 0 spiro atoms. The molecule has 3 N–H and O–H groups in total. The third kappa shape index (κ3) is 2.96. The van der Waals surface area contributed by atoms with Crippen LogP contribution >= 0.6 is 0 Å². The maximum Gasteiger partial charge on any atom is 0.272 e. The highest BCUT2D eigenvalue weighted by molar-refractivity contribution is 7.77. The van der Waals surface area contributed by atoms with E-state index in [1.807, 2.05) is 42.5 Å². The number of H-pyrrole nitrogens is 1. The molecule has 0 aliphatic carbocycles. The van der Waals surface area contributed by atoms with Crippen LogP contribution < -0.4 is 10.3 Å². The van der Waals surface area contributed by atoms with E-state index in [0.29, 0.717) is 17.6 Å². The summed E-state index contributed by atoms with van der Waals surface area (Å²) in [5.74, 6) is 0. The van der Waals surface area contributed by atoms with Gasteiger partial charge in [-0.1, -0.05) is 42.5 Å². The molecule has 0 aliphatic heterocycles. The minimum absolute atomic E-state index is 0.217. The lowest BCUT2D eigenvalue weighted by atomic mass is 10.0. The van der Waals surface area contributed by atoms with Crippen LogP contribution in [-0.2, 0) is 17.8 Å². The van der Waals surface area contributed by atoms with Crippen molar-refractivity contribution in [2.75, 3.05) is 0 Å². The monoisotopic (exact) mass is 315 g/mol. The van der Waals surface area contributed by atoms with Crippen LogP contribution in [0.25, 0.3) is 22.0 Å². The van der Waals surface area contributed by atoms with Crippen molar-refractivity contribution in [1.82, 2.24) is 14.9 Å². The Morgan fingerprint density at radius 1 is 1.09 bits per heavy atom. The largest absolute Gasteiger partial charge is 0.294 e. The molecule has 0 fully saturated rings. The number of hydrogen-bond acceptors (Lipinski definition) is 3. The van der Waals surface area contributed by atoms with Gasteiger partial charge in [-0.05, 0) is 11.6 Å². The molecule has 0 aliphatic rings. The van der Waals surface area contributed by atoms with Crippen LogP contribution in [0.15, 0.2) is 53.3 Å². The number of fused-ring (bicyclic) bond motifs is 1. The zero-order valence-electron chi connectivity index (χ0n) is 11.4. The third-order valence-electron chi connectivity index (χ3n) is 3.32. The Morgan fingerprint density at radius 2 is 1.77 bits per heavy atom. The van der Waals surface area contributed by atoms with E-state index in [4.69, 9.17) is 4.55 Å². The fourth-order valence-electron chi connectivity index (χ4n) is 2.26. The molecule has 1 heterocycles. The number of aromatic amines is 1. The van der Waals surface area contributed by atoms with Crippen molar-refractivity contribution in [3.63, 3.8) is 0 Å². The highest BCUT2D eigenvalue weighted by Crippen LogP contribution is 2.24. The second-order valence-electron chi connectivity index (χ2n) is 4.71. The SMILES string of the molecule is O=c1[nH]nc(-c2ccc(CNS(=O)O)cc2)c2ccccc12. The van der Waals surface area contributed by atoms with Gasteiger partial charge in [0.1, 0.15) is 0 Å². The first-order valence-electron chi connectivity index (χ1n) is 6.56. The first-order valence-corrected chi connectivity index (χ1v) is 7.67. The molecule has 22 heavy (non-hydrogen) atoms. The van der Waals surface area contributed by atoms with E-state index in [1.54, 1.807) is 6.07 Å². The molecule has 1 atom stereocenters. The Bertz CT molecular complexity index is 890. The van der Waals surface area contributed by atoms with Gasteiger partial charge in [-0.15, -0.1) is 0 Å². The molecule has 7 heteroatoms. The number of benzene rings is 2. The molecule has 0 amide bonds. The molecule has 6 nitrogen and oxygen atoms in total. The Kier molecular flexibility index (Phi) is 4.10. The summed E-state index contributed by atoms with van der Waals surface area (Å²) in [6, 6.07) is 14.7.